The summed E-state index contributed by atoms with van der Waals surface area (Å²) >= 11 is 1.54. The summed E-state index contributed by atoms with van der Waals surface area (Å²) in [7, 11) is 1.65. The number of nitrogens with zero attached hydrogens (tertiary/aromatic N) is 1. The summed E-state index contributed by atoms with van der Waals surface area (Å²) in [6, 6.07) is 17.8. The molecule has 0 aliphatic rings. The average Bonchev–Trinajstić information content (AvgIpc) is 2.59. The molecule has 0 bridgehead atoms. The van der Waals surface area contributed by atoms with Gasteiger partial charge in [-0.05, 0) is 56.0 Å². The van der Waals surface area contributed by atoms with Crippen molar-refractivity contribution in [3.8, 4) is 5.75 Å². The normalized spacial score (nSPS) is 11.5. The summed E-state index contributed by atoms with van der Waals surface area (Å²) < 4.78 is 5.28. The monoisotopic (exact) mass is 355 g/mol. The predicted molar refractivity (Wildman–Crippen MR) is 105 cm³/mol. The zero-order valence-electron chi connectivity index (χ0n) is 15.2. The maximum atomic E-state index is 12.7. The quantitative estimate of drug-likeness (QED) is 0.531. The molecule has 1 amide bonds. The van der Waals surface area contributed by atoms with E-state index >= 15 is 0 Å². The Bertz CT molecular complexity index is 720. The number of ether oxygens (including phenoxy) is 1. The number of carbonyl (C=O) groups is 1. The van der Waals surface area contributed by atoms with Crippen LogP contribution in [-0.2, 0) is 11.3 Å². The standard InChI is InChI=1S/C21H25NO2S/c1-21(2,3)22(16-17-9-8-10-18(15-17)24-4)20(23)13-14-25-19-11-6-5-7-12-19/h5-15H,16H2,1-4H3. The number of carbonyl (C=O) groups excluding carboxylic acids is 1. The van der Waals surface area contributed by atoms with Crippen molar-refractivity contribution in [3.05, 3.63) is 71.6 Å². The predicted octanol–water partition coefficient (Wildman–Crippen LogP) is 5.13. The molecule has 0 aliphatic carbocycles. The van der Waals surface area contributed by atoms with Crippen molar-refractivity contribution >= 4 is 17.7 Å². The van der Waals surface area contributed by atoms with Gasteiger partial charge >= 0.3 is 0 Å². The molecule has 25 heavy (non-hydrogen) atoms. The Labute approximate surface area is 154 Å². The van der Waals surface area contributed by atoms with Crippen molar-refractivity contribution in [2.24, 2.45) is 0 Å². The molecule has 0 radical (unpaired) electrons. The van der Waals surface area contributed by atoms with Crippen LogP contribution in [0.4, 0.5) is 0 Å². The van der Waals surface area contributed by atoms with Gasteiger partial charge in [0.15, 0.2) is 0 Å². The molecule has 0 N–H and O–H groups in total. The zero-order chi connectivity index (χ0) is 18.3. The van der Waals surface area contributed by atoms with Crippen LogP contribution < -0.4 is 4.74 Å². The van der Waals surface area contributed by atoms with Crippen LogP contribution in [0.15, 0.2) is 71.0 Å². The molecule has 0 heterocycles. The molecule has 4 heteroatoms. The summed E-state index contributed by atoms with van der Waals surface area (Å²) in [4.78, 5) is 15.7. The van der Waals surface area contributed by atoms with Gasteiger partial charge in [0.2, 0.25) is 5.91 Å². The molecule has 0 saturated carbocycles. The molecular weight excluding hydrogens is 330 g/mol. The fourth-order valence-electron chi connectivity index (χ4n) is 2.36. The molecule has 2 aromatic carbocycles. The Balaban J connectivity index is 2.09. The Hall–Kier alpha value is -2.20. The summed E-state index contributed by atoms with van der Waals surface area (Å²) in [6.45, 7) is 6.68. The minimum atomic E-state index is -0.276. The lowest BCUT2D eigenvalue weighted by Gasteiger charge is -2.35. The van der Waals surface area contributed by atoms with Crippen LogP contribution in [0.1, 0.15) is 26.3 Å². The molecule has 132 valence electrons. The molecule has 0 unspecified atom stereocenters. The van der Waals surface area contributed by atoms with E-state index in [1.807, 2.05) is 85.7 Å². The summed E-state index contributed by atoms with van der Waals surface area (Å²) in [5, 5.41) is 1.85. The Morgan fingerprint density at radius 2 is 1.84 bits per heavy atom. The highest BCUT2D eigenvalue weighted by Crippen LogP contribution is 2.22. The molecule has 2 aromatic rings. The van der Waals surface area contributed by atoms with Crippen LogP contribution in [0, 0.1) is 0 Å². The van der Waals surface area contributed by atoms with Gasteiger partial charge in [-0.3, -0.25) is 4.79 Å². The van der Waals surface area contributed by atoms with Crippen LogP contribution in [-0.4, -0.2) is 23.5 Å². The number of hydrogen-bond donors (Lipinski definition) is 0. The van der Waals surface area contributed by atoms with E-state index in [4.69, 9.17) is 4.74 Å². The van der Waals surface area contributed by atoms with Crippen molar-refractivity contribution in [2.75, 3.05) is 7.11 Å². The third kappa shape index (κ3) is 5.98. The fourth-order valence-corrected chi connectivity index (χ4v) is 3.01. The third-order valence-electron chi connectivity index (χ3n) is 3.71. The van der Waals surface area contributed by atoms with Gasteiger partial charge < -0.3 is 9.64 Å². The van der Waals surface area contributed by atoms with Gasteiger partial charge in [-0.15, -0.1) is 0 Å². The zero-order valence-corrected chi connectivity index (χ0v) is 16.0. The number of thioether (sulfide) groups is 1. The molecular formula is C21H25NO2S. The highest BCUT2D eigenvalue weighted by atomic mass is 32.2. The fraction of sp³-hybridized carbons (Fsp3) is 0.286. The maximum Gasteiger partial charge on any atom is 0.247 e. The molecule has 0 atom stereocenters. The Morgan fingerprint density at radius 1 is 1.12 bits per heavy atom. The second-order valence-corrected chi connectivity index (χ2v) is 7.66. The van der Waals surface area contributed by atoms with E-state index in [0.29, 0.717) is 6.54 Å². The molecule has 0 fully saturated rings. The van der Waals surface area contributed by atoms with E-state index in [2.05, 4.69) is 0 Å². The Kier molecular flexibility index (Phi) is 6.71. The summed E-state index contributed by atoms with van der Waals surface area (Å²) in [5.41, 5.74) is 0.772. The molecule has 0 saturated heterocycles. The van der Waals surface area contributed by atoms with Gasteiger partial charge in [-0.25, -0.2) is 0 Å². The van der Waals surface area contributed by atoms with Crippen molar-refractivity contribution < 1.29 is 9.53 Å². The van der Waals surface area contributed by atoms with Crippen LogP contribution in [0.2, 0.25) is 0 Å². The number of amides is 1. The van der Waals surface area contributed by atoms with Crippen molar-refractivity contribution in [1.29, 1.82) is 0 Å². The highest BCUT2D eigenvalue weighted by Gasteiger charge is 2.25. The van der Waals surface area contributed by atoms with Gasteiger partial charge in [0.05, 0.1) is 7.11 Å². The van der Waals surface area contributed by atoms with Gasteiger partial charge in [0.1, 0.15) is 5.75 Å². The van der Waals surface area contributed by atoms with Gasteiger partial charge in [-0.2, -0.15) is 0 Å². The maximum absolute atomic E-state index is 12.7. The first-order chi connectivity index (χ1) is 11.9. The number of hydrogen-bond acceptors (Lipinski definition) is 3. The largest absolute Gasteiger partial charge is 0.497 e. The van der Waals surface area contributed by atoms with E-state index in [0.717, 1.165) is 16.2 Å². The van der Waals surface area contributed by atoms with E-state index in [1.54, 1.807) is 24.9 Å². The van der Waals surface area contributed by atoms with Crippen LogP contribution in [0.5, 0.6) is 5.75 Å². The molecule has 3 nitrogen and oxygen atoms in total. The number of benzene rings is 2. The van der Waals surface area contributed by atoms with E-state index in [-0.39, 0.29) is 11.4 Å². The lowest BCUT2D eigenvalue weighted by Crippen LogP contribution is -2.44. The van der Waals surface area contributed by atoms with Crippen molar-refractivity contribution in [3.63, 3.8) is 0 Å². The first-order valence-electron chi connectivity index (χ1n) is 8.23. The van der Waals surface area contributed by atoms with Crippen molar-refractivity contribution in [1.82, 2.24) is 4.90 Å². The molecule has 2 rings (SSSR count). The first-order valence-corrected chi connectivity index (χ1v) is 9.11. The van der Waals surface area contributed by atoms with Crippen LogP contribution in [0.3, 0.4) is 0 Å². The molecule has 0 aromatic heterocycles. The van der Waals surface area contributed by atoms with Crippen molar-refractivity contribution in [2.45, 2.75) is 37.8 Å². The first kappa shape index (κ1) is 19.1. The van der Waals surface area contributed by atoms with Crippen LogP contribution >= 0.6 is 11.8 Å². The van der Waals surface area contributed by atoms with Gasteiger partial charge in [0.25, 0.3) is 0 Å². The smallest absolute Gasteiger partial charge is 0.247 e. The van der Waals surface area contributed by atoms with E-state index < -0.39 is 0 Å². The number of rotatable bonds is 6. The SMILES string of the molecule is COc1cccc(CN(C(=O)C=CSc2ccccc2)C(C)(C)C)c1. The topological polar surface area (TPSA) is 29.5 Å². The van der Waals surface area contributed by atoms with Gasteiger partial charge in [-0.1, -0.05) is 42.1 Å². The highest BCUT2D eigenvalue weighted by molar-refractivity contribution is 8.02. The van der Waals surface area contributed by atoms with Crippen LogP contribution in [0.25, 0.3) is 0 Å². The second-order valence-electron chi connectivity index (χ2n) is 6.68. The average molecular weight is 356 g/mol. The second kappa shape index (κ2) is 8.77. The van der Waals surface area contributed by atoms with E-state index in [9.17, 15) is 4.79 Å². The summed E-state index contributed by atoms with van der Waals surface area (Å²) in [6.07, 6.45) is 1.64. The number of methoxy groups -OCH3 is 1. The van der Waals surface area contributed by atoms with Gasteiger partial charge in [0, 0.05) is 23.1 Å². The minimum absolute atomic E-state index is 0.00116. The lowest BCUT2D eigenvalue weighted by atomic mass is 10.0. The Morgan fingerprint density at radius 3 is 2.48 bits per heavy atom. The molecule has 0 aliphatic heterocycles. The molecule has 0 spiro atoms. The lowest BCUT2D eigenvalue weighted by molar-refractivity contribution is -0.131. The van der Waals surface area contributed by atoms with E-state index in [1.165, 1.54) is 0 Å². The summed E-state index contributed by atoms with van der Waals surface area (Å²) in [5.74, 6) is 0.799. The minimum Gasteiger partial charge on any atom is -0.497 e. The third-order valence-corrected chi connectivity index (χ3v) is 4.53.